The van der Waals surface area contributed by atoms with Gasteiger partial charge in [-0.05, 0) is 17.5 Å². The fourth-order valence-corrected chi connectivity index (χ4v) is 2.59. The lowest BCUT2D eigenvalue weighted by Crippen LogP contribution is -2.35. The topological polar surface area (TPSA) is 94.4 Å². The Morgan fingerprint density at radius 1 is 1.35 bits per heavy atom. The van der Waals surface area contributed by atoms with Gasteiger partial charge in [-0.2, -0.15) is 0 Å². The number of nitro groups is 1. The van der Waals surface area contributed by atoms with Crippen molar-refractivity contribution in [2.75, 3.05) is 0 Å². The summed E-state index contributed by atoms with van der Waals surface area (Å²) in [6.07, 6.45) is 1.81. The Morgan fingerprint density at radius 2 is 2.13 bits per heavy atom. The highest BCUT2D eigenvalue weighted by Crippen LogP contribution is 2.24. The average molecular weight is 313 g/mol. The molecule has 1 aromatic heterocycles. The molecule has 7 heteroatoms. The van der Waals surface area contributed by atoms with Gasteiger partial charge in [-0.15, -0.1) is 0 Å². The van der Waals surface area contributed by atoms with E-state index in [1.165, 1.54) is 12.3 Å². The summed E-state index contributed by atoms with van der Waals surface area (Å²) in [6, 6.07) is 10.8. The lowest BCUT2D eigenvalue weighted by Gasteiger charge is -2.12. The van der Waals surface area contributed by atoms with E-state index in [1.54, 1.807) is 0 Å². The molecule has 0 bridgehead atoms. The van der Waals surface area contributed by atoms with Crippen LogP contribution in [0, 0.1) is 10.1 Å². The molecule has 0 aliphatic heterocycles. The van der Waals surface area contributed by atoms with Gasteiger partial charge in [0.05, 0.1) is 4.92 Å². The van der Waals surface area contributed by atoms with Gasteiger partial charge in [0.1, 0.15) is 12.8 Å². The van der Waals surface area contributed by atoms with Crippen LogP contribution in [0.25, 0.3) is 0 Å². The first-order chi connectivity index (χ1) is 11.1. The Hall–Kier alpha value is -2.96. The van der Waals surface area contributed by atoms with Crippen molar-refractivity contribution in [3.8, 4) is 0 Å². The number of pyridine rings is 1. The fraction of sp³-hybridized carbons (Fsp3) is 0.250. The summed E-state index contributed by atoms with van der Waals surface area (Å²) >= 11 is 0. The van der Waals surface area contributed by atoms with Crippen molar-refractivity contribution < 1.29 is 14.5 Å². The monoisotopic (exact) mass is 313 g/mol. The molecule has 3 rings (SSSR count). The molecule has 1 aliphatic rings. The number of amides is 1. The first-order valence-electron chi connectivity index (χ1n) is 7.21. The molecule has 1 N–H and O–H groups in total. The molecule has 2 aromatic rings. The molecule has 1 aromatic carbocycles. The second kappa shape index (κ2) is 6.43. The van der Waals surface area contributed by atoms with Gasteiger partial charge in [0.15, 0.2) is 0 Å². The number of alkyl carbamates (subject to hydrolysis) is 1. The number of hydrogen-bond donors (Lipinski definition) is 1. The molecule has 0 fully saturated rings. The van der Waals surface area contributed by atoms with Gasteiger partial charge < -0.3 is 10.1 Å². The number of nitrogens with one attached hydrogen (secondary N) is 1. The number of hydrogen-bond acceptors (Lipinski definition) is 5. The van der Waals surface area contributed by atoms with E-state index in [2.05, 4.69) is 10.3 Å². The van der Waals surface area contributed by atoms with Gasteiger partial charge in [0.25, 0.3) is 5.69 Å². The van der Waals surface area contributed by atoms with Crippen LogP contribution >= 0.6 is 0 Å². The maximum atomic E-state index is 11.8. The summed E-state index contributed by atoms with van der Waals surface area (Å²) in [5.74, 6) is 0. The standard InChI is InChI=1S/C16H15N3O4/c20-16(23-10-11-4-2-1-3-5-11)18-13-6-12-7-14(19(21)22)9-17-15(12)8-13/h1-5,7,9,13H,6,8,10H2,(H,18,20). The molecule has 0 spiro atoms. The first kappa shape index (κ1) is 15.0. The van der Waals surface area contributed by atoms with Gasteiger partial charge in [-0.25, -0.2) is 4.79 Å². The Labute approximate surface area is 132 Å². The third kappa shape index (κ3) is 3.63. The Kier molecular flexibility index (Phi) is 4.18. The number of carbonyl (C=O) groups excluding carboxylic acids is 1. The third-order valence-corrected chi connectivity index (χ3v) is 3.70. The molecular weight excluding hydrogens is 298 g/mol. The quantitative estimate of drug-likeness (QED) is 0.691. The zero-order valence-corrected chi connectivity index (χ0v) is 12.3. The van der Waals surface area contributed by atoms with Crippen molar-refractivity contribution in [1.29, 1.82) is 0 Å². The van der Waals surface area contributed by atoms with E-state index < -0.39 is 11.0 Å². The molecule has 0 saturated heterocycles. The molecule has 23 heavy (non-hydrogen) atoms. The minimum Gasteiger partial charge on any atom is -0.445 e. The average Bonchev–Trinajstić information content (AvgIpc) is 2.95. The zero-order chi connectivity index (χ0) is 16.2. The highest BCUT2D eigenvalue weighted by molar-refractivity contribution is 5.68. The number of carbonyl (C=O) groups is 1. The van der Waals surface area contributed by atoms with Crippen LogP contribution in [0.4, 0.5) is 10.5 Å². The fourth-order valence-electron chi connectivity index (χ4n) is 2.59. The minimum atomic E-state index is -0.499. The maximum absolute atomic E-state index is 11.8. The summed E-state index contributed by atoms with van der Waals surface area (Å²) in [7, 11) is 0. The number of fused-ring (bicyclic) bond motifs is 1. The van der Waals surface area contributed by atoms with Gasteiger partial charge in [-0.3, -0.25) is 15.1 Å². The van der Waals surface area contributed by atoms with E-state index in [4.69, 9.17) is 4.74 Å². The molecule has 1 aliphatic carbocycles. The van der Waals surface area contributed by atoms with Crippen LogP contribution in [0.1, 0.15) is 16.8 Å². The van der Waals surface area contributed by atoms with Crippen molar-refractivity contribution in [2.24, 2.45) is 0 Å². The maximum Gasteiger partial charge on any atom is 0.407 e. The van der Waals surface area contributed by atoms with E-state index >= 15 is 0 Å². The van der Waals surface area contributed by atoms with Crippen molar-refractivity contribution in [3.63, 3.8) is 0 Å². The normalized spacial score (nSPS) is 15.7. The van der Waals surface area contributed by atoms with Crippen LogP contribution in [0.2, 0.25) is 0 Å². The summed E-state index contributed by atoms with van der Waals surface area (Å²) in [5, 5.41) is 13.5. The number of nitrogens with zero attached hydrogens (tertiary/aromatic N) is 2. The molecule has 118 valence electrons. The number of ether oxygens (including phenoxy) is 1. The first-order valence-corrected chi connectivity index (χ1v) is 7.21. The Bertz CT molecular complexity index is 733. The number of aromatic nitrogens is 1. The second-order valence-corrected chi connectivity index (χ2v) is 5.37. The third-order valence-electron chi connectivity index (χ3n) is 3.70. The largest absolute Gasteiger partial charge is 0.445 e. The molecule has 1 atom stereocenters. The van der Waals surface area contributed by atoms with Gasteiger partial charge in [0, 0.05) is 24.2 Å². The summed E-state index contributed by atoms with van der Waals surface area (Å²) < 4.78 is 5.17. The zero-order valence-electron chi connectivity index (χ0n) is 12.3. The van der Waals surface area contributed by atoms with Crippen LogP contribution < -0.4 is 5.32 Å². The SMILES string of the molecule is O=C(NC1Cc2cc([N+](=O)[O-])cnc2C1)OCc1ccccc1. The van der Waals surface area contributed by atoms with Crippen molar-refractivity contribution in [2.45, 2.75) is 25.5 Å². The predicted octanol–water partition coefficient (Wildman–Crippen LogP) is 2.38. The van der Waals surface area contributed by atoms with Crippen LogP contribution in [0.15, 0.2) is 42.6 Å². The van der Waals surface area contributed by atoms with Gasteiger partial charge in [0.2, 0.25) is 0 Å². The smallest absolute Gasteiger partial charge is 0.407 e. The van der Waals surface area contributed by atoms with Crippen LogP contribution in [-0.2, 0) is 24.2 Å². The second-order valence-electron chi connectivity index (χ2n) is 5.37. The Morgan fingerprint density at radius 3 is 2.87 bits per heavy atom. The summed E-state index contributed by atoms with van der Waals surface area (Å²) in [4.78, 5) is 26.2. The van der Waals surface area contributed by atoms with Gasteiger partial charge in [-0.1, -0.05) is 30.3 Å². The summed E-state index contributed by atoms with van der Waals surface area (Å²) in [5.41, 5.74) is 2.46. The predicted molar refractivity (Wildman–Crippen MR) is 81.9 cm³/mol. The Balaban J connectivity index is 1.53. The lowest BCUT2D eigenvalue weighted by atomic mass is 10.2. The number of benzene rings is 1. The molecular formula is C16H15N3O4. The molecule has 7 nitrogen and oxygen atoms in total. The van der Waals surface area contributed by atoms with E-state index in [1.807, 2.05) is 30.3 Å². The molecule has 0 radical (unpaired) electrons. The molecule has 0 saturated carbocycles. The van der Waals surface area contributed by atoms with Crippen LogP contribution in [0.5, 0.6) is 0 Å². The highest BCUT2D eigenvalue weighted by atomic mass is 16.6. The minimum absolute atomic E-state index is 0.0314. The molecule has 1 unspecified atom stereocenters. The van der Waals surface area contributed by atoms with E-state index in [0.29, 0.717) is 12.8 Å². The van der Waals surface area contributed by atoms with Crippen molar-refractivity contribution in [3.05, 3.63) is 69.5 Å². The van der Waals surface area contributed by atoms with Crippen LogP contribution in [0.3, 0.4) is 0 Å². The van der Waals surface area contributed by atoms with E-state index in [9.17, 15) is 14.9 Å². The van der Waals surface area contributed by atoms with E-state index in [0.717, 1.165) is 16.8 Å². The highest BCUT2D eigenvalue weighted by Gasteiger charge is 2.26. The van der Waals surface area contributed by atoms with Crippen LogP contribution in [-0.4, -0.2) is 22.0 Å². The van der Waals surface area contributed by atoms with Crippen molar-refractivity contribution in [1.82, 2.24) is 10.3 Å². The molecule has 1 amide bonds. The lowest BCUT2D eigenvalue weighted by molar-refractivity contribution is -0.385. The summed E-state index contributed by atoms with van der Waals surface area (Å²) in [6.45, 7) is 0.204. The van der Waals surface area contributed by atoms with Gasteiger partial charge >= 0.3 is 6.09 Å². The van der Waals surface area contributed by atoms with Crippen molar-refractivity contribution >= 4 is 11.8 Å². The van der Waals surface area contributed by atoms with E-state index in [-0.39, 0.29) is 18.3 Å². The number of rotatable bonds is 4. The molecule has 1 heterocycles.